The Hall–Kier alpha value is -1.15. The van der Waals surface area contributed by atoms with Gasteiger partial charge in [-0.15, -0.1) is 0 Å². The fourth-order valence-electron chi connectivity index (χ4n) is 10.8. The van der Waals surface area contributed by atoms with Crippen LogP contribution in [0.4, 0.5) is 0 Å². The number of aliphatic hydroxyl groups is 7. The van der Waals surface area contributed by atoms with Crippen molar-refractivity contribution in [3.05, 3.63) is 12.2 Å². The first-order valence-electron chi connectivity index (χ1n) is 32.6. The zero-order valence-corrected chi connectivity index (χ0v) is 49.1. The standard InChI is InChI=1S/C64H125NO10/c1-3-5-7-9-11-13-15-17-19-21-22-23-24-25-26-27-28-29-30-31-32-33-34-36-37-39-41-43-45-47-49-51-56(67)59(69)55(54-74-64-62(72)61(71)60(70)58(53-66)75-64)65-63(73)57(68)52-50-48-46-44-42-40-38-35-20-18-16-14-12-10-8-6-4-2/h38,40,55-62,64,66-72H,3-37,39,41-54H2,1-2H3,(H,65,73)/b40-38-. The molecule has 0 aromatic carbocycles. The lowest BCUT2D eigenvalue weighted by Gasteiger charge is -2.40. The summed E-state index contributed by atoms with van der Waals surface area (Å²) < 4.78 is 11.2. The predicted octanol–water partition coefficient (Wildman–Crippen LogP) is 14.7. The molecule has 11 nitrogen and oxygen atoms in total. The molecule has 11 heteroatoms. The van der Waals surface area contributed by atoms with Crippen LogP contribution in [0.1, 0.15) is 322 Å². The number of unbranched alkanes of at least 4 members (excludes halogenated alkanes) is 43. The van der Waals surface area contributed by atoms with Gasteiger partial charge in [-0.1, -0.05) is 296 Å². The van der Waals surface area contributed by atoms with Gasteiger partial charge < -0.3 is 50.5 Å². The maximum atomic E-state index is 13.2. The first kappa shape index (κ1) is 71.9. The number of allylic oxidation sites excluding steroid dienone is 2. The summed E-state index contributed by atoms with van der Waals surface area (Å²) in [6.07, 6.45) is 52.9. The number of carbonyl (C=O) groups is 1. The summed E-state index contributed by atoms with van der Waals surface area (Å²) in [5, 5.41) is 76.3. The largest absolute Gasteiger partial charge is 0.394 e. The van der Waals surface area contributed by atoms with E-state index in [1.54, 1.807) is 0 Å². The lowest BCUT2D eigenvalue weighted by atomic mass is 9.98. The minimum Gasteiger partial charge on any atom is -0.394 e. The molecule has 0 aromatic heterocycles. The van der Waals surface area contributed by atoms with Crippen molar-refractivity contribution in [1.29, 1.82) is 0 Å². The van der Waals surface area contributed by atoms with Crippen molar-refractivity contribution in [2.24, 2.45) is 0 Å². The van der Waals surface area contributed by atoms with Crippen molar-refractivity contribution in [1.82, 2.24) is 5.32 Å². The lowest BCUT2D eigenvalue weighted by Crippen LogP contribution is -2.60. The highest BCUT2D eigenvalue weighted by Gasteiger charge is 2.44. The summed E-state index contributed by atoms with van der Waals surface area (Å²) >= 11 is 0. The molecule has 0 bridgehead atoms. The Balaban J connectivity index is 2.20. The molecule has 8 N–H and O–H groups in total. The summed E-state index contributed by atoms with van der Waals surface area (Å²) in [5.41, 5.74) is 0. The van der Waals surface area contributed by atoms with E-state index in [0.717, 1.165) is 51.4 Å². The first-order chi connectivity index (χ1) is 36.7. The molecule has 1 saturated heterocycles. The van der Waals surface area contributed by atoms with E-state index in [1.165, 1.54) is 231 Å². The number of aliphatic hydroxyl groups excluding tert-OH is 7. The van der Waals surface area contributed by atoms with E-state index in [2.05, 4.69) is 31.3 Å². The van der Waals surface area contributed by atoms with Gasteiger partial charge >= 0.3 is 0 Å². The van der Waals surface area contributed by atoms with Crippen LogP contribution in [-0.2, 0) is 14.3 Å². The Morgan fingerprint density at radius 2 is 0.773 bits per heavy atom. The number of carbonyl (C=O) groups excluding carboxylic acids is 1. The molecule has 0 aromatic rings. The zero-order chi connectivity index (χ0) is 54.7. The van der Waals surface area contributed by atoms with Crippen LogP contribution in [0.15, 0.2) is 12.2 Å². The third-order valence-corrected chi connectivity index (χ3v) is 16.1. The minimum atomic E-state index is -1.66. The quantitative estimate of drug-likeness (QED) is 0.0215. The van der Waals surface area contributed by atoms with Gasteiger partial charge in [-0.2, -0.15) is 0 Å². The van der Waals surface area contributed by atoms with E-state index in [9.17, 15) is 40.5 Å². The molecule has 446 valence electrons. The zero-order valence-electron chi connectivity index (χ0n) is 49.1. The Morgan fingerprint density at radius 3 is 1.12 bits per heavy atom. The minimum absolute atomic E-state index is 0.249. The average molecular weight is 1070 g/mol. The summed E-state index contributed by atoms with van der Waals surface area (Å²) in [6, 6.07) is -1.17. The van der Waals surface area contributed by atoms with Gasteiger partial charge in [0.15, 0.2) is 6.29 Å². The van der Waals surface area contributed by atoms with Gasteiger partial charge in [0.2, 0.25) is 5.91 Å². The van der Waals surface area contributed by atoms with E-state index in [0.29, 0.717) is 19.3 Å². The fraction of sp³-hybridized carbons (Fsp3) is 0.953. The van der Waals surface area contributed by atoms with Crippen molar-refractivity contribution in [3.8, 4) is 0 Å². The molecule has 75 heavy (non-hydrogen) atoms. The van der Waals surface area contributed by atoms with Crippen LogP contribution in [0.2, 0.25) is 0 Å². The van der Waals surface area contributed by atoms with E-state index in [4.69, 9.17) is 9.47 Å². The predicted molar refractivity (Wildman–Crippen MR) is 312 cm³/mol. The first-order valence-corrected chi connectivity index (χ1v) is 32.6. The van der Waals surface area contributed by atoms with Gasteiger partial charge in [-0.05, 0) is 38.5 Å². The highest BCUT2D eigenvalue weighted by molar-refractivity contribution is 5.80. The highest BCUT2D eigenvalue weighted by atomic mass is 16.7. The normalized spacial score (nSPS) is 19.7. The second kappa shape index (κ2) is 53.5. The topological polar surface area (TPSA) is 189 Å². The SMILES string of the molecule is CCCCCCCCCCC/C=C\CCCCCCC(O)C(=O)NC(COC1OC(CO)C(O)C(O)C1O)C(O)C(O)CCCCCCCCCCCCCCCCCCCCCCCCCCCCCCCCC. The number of rotatable bonds is 57. The van der Waals surface area contributed by atoms with Crippen molar-refractivity contribution >= 4 is 5.91 Å². The molecule has 1 aliphatic rings. The van der Waals surface area contributed by atoms with Gasteiger partial charge in [-0.25, -0.2) is 0 Å². The van der Waals surface area contributed by atoms with Gasteiger partial charge in [-0.3, -0.25) is 4.79 Å². The number of hydrogen-bond acceptors (Lipinski definition) is 10. The fourth-order valence-corrected chi connectivity index (χ4v) is 10.8. The third kappa shape index (κ3) is 41.5. The second-order valence-corrected chi connectivity index (χ2v) is 23.2. The molecule has 0 spiro atoms. The van der Waals surface area contributed by atoms with E-state index < -0.39 is 74.2 Å². The van der Waals surface area contributed by atoms with Crippen LogP contribution in [0, 0.1) is 0 Å². The van der Waals surface area contributed by atoms with Crippen LogP contribution in [-0.4, -0.2) is 110 Å². The van der Waals surface area contributed by atoms with Crippen LogP contribution in [0.5, 0.6) is 0 Å². The highest BCUT2D eigenvalue weighted by Crippen LogP contribution is 2.24. The molecule has 1 aliphatic heterocycles. The molecule has 0 radical (unpaired) electrons. The molecule has 1 heterocycles. The molecule has 1 amide bonds. The van der Waals surface area contributed by atoms with Crippen LogP contribution in [0.25, 0.3) is 0 Å². The molecule has 1 rings (SSSR count). The second-order valence-electron chi connectivity index (χ2n) is 23.2. The summed E-state index contributed by atoms with van der Waals surface area (Å²) in [5.74, 6) is -0.700. The molecule has 1 fully saturated rings. The molecule has 0 aliphatic carbocycles. The number of nitrogens with one attached hydrogen (secondary N) is 1. The van der Waals surface area contributed by atoms with Gasteiger partial charge in [0, 0.05) is 0 Å². The summed E-state index contributed by atoms with van der Waals surface area (Å²) in [4.78, 5) is 13.2. The van der Waals surface area contributed by atoms with Crippen LogP contribution >= 0.6 is 0 Å². The van der Waals surface area contributed by atoms with Gasteiger partial charge in [0.1, 0.15) is 36.6 Å². The smallest absolute Gasteiger partial charge is 0.249 e. The molecule has 9 unspecified atom stereocenters. The average Bonchev–Trinajstić information content (AvgIpc) is 3.41. The third-order valence-electron chi connectivity index (χ3n) is 16.1. The number of ether oxygens (including phenoxy) is 2. The molecule has 9 atom stereocenters. The van der Waals surface area contributed by atoms with Crippen molar-refractivity contribution < 1.29 is 50.0 Å². The lowest BCUT2D eigenvalue weighted by molar-refractivity contribution is -0.303. The number of hydrogen-bond donors (Lipinski definition) is 8. The Morgan fingerprint density at radius 1 is 0.453 bits per heavy atom. The Bertz CT molecular complexity index is 1220. The molecular weight excluding hydrogens is 943 g/mol. The maximum absolute atomic E-state index is 13.2. The number of amides is 1. The molecular formula is C64H125NO10. The van der Waals surface area contributed by atoms with Crippen molar-refractivity contribution in [2.45, 2.75) is 377 Å². The van der Waals surface area contributed by atoms with Crippen LogP contribution in [0.3, 0.4) is 0 Å². The van der Waals surface area contributed by atoms with E-state index in [-0.39, 0.29) is 6.42 Å². The van der Waals surface area contributed by atoms with E-state index >= 15 is 0 Å². The van der Waals surface area contributed by atoms with Crippen LogP contribution < -0.4 is 5.32 Å². The summed E-state index contributed by atoms with van der Waals surface area (Å²) in [6.45, 7) is 3.49. The molecule has 0 saturated carbocycles. The van der Waals surface area contributed by atoms with Gasteiger partial charge in [0.25, 0.3) is 0 Å². The monoisotopic (exact) mass is 1070 g/mol. The van der Waals surface area contributed by atoms with E-state index in [1.807, 2.05) is 0 Å². The van der Waals surface area contributed by atoms with Gasteiger partial charge in [0.05, 0.1) is 25.4 Å². The van der Waals surface area contributed by atoms with Crippen molar-refractivity contribution in [3.63, 3.8) is 0 Å². The Kier molecular flexibility index (Phi) is 51.3. The summed E-state index contributed by atoms with van der Waals surface area (Å²) in [7, 11) is 0. The van der Waals surface area contributed by atoms with Crippen molar-refractivity contribution in [2.75, 3.05) is 13.2 Å². The maximum Gasteiger partial charge on any atom is 0.249 e. The Labute approximate surface area is 462 Å².